The number of carbonyl (C=O) groups excluding carboxylic acids is 2. The van der Waals surface area contributed by atoms with Crippen molar-refractivity contribution in [2.24, 2.45) is 0 Å². The van der Waals surface area contributed by atoms with Gasteiger partial charge in [-0.3, -0.25) is 9.59 Å². The van der Waals surface area contributed by atoms with E-state index in [1.807, 2.05) is 0 Å². The lowest BCUT2D eigenvalue weighted by atomic mass is 10.1. The van der Waals surface area contributed by atoms with Crippen molar-refractivity contribution in [1.82, 2.24) is 0 Å². The maximum Gasteiger partial charge on any atom is 0.342 e. The Kier molecular flexibility index (Phi) is 3.27. The fraction of sp³-hybridized carbons (Fsp3) is 0.250. The number of fused-ring (bicyclic) bond motifs is 1. The Morgan fingerprint density at radius 3 is 2.72 bits per heavy atom. The Bertz CT molecular complexity index is 507. The van der Waals surface area contributed by atoms with Gasteiger partial charge < -0.3 is 14.6 Å². The van der Waals surface area contributed by atoms with Crippen LogP contribution in [-0.2, 0) is 19.1 Å². The largest absolute Gasteiger partial charge is 0.481 e. The van der Waals surface area contributed by atoms with Crippen LogP contribution in [0.1, 0.15) is 35.1 Å². The molecule has 0 aromatic heterocycles. The third-order valence-corrected chi connectivity index (χ3v) is 2.43. The molecule has 0 saturated heterocycles. The summed E-state index contributed by atoms with van der Waals surface area (Å²) in [6.45, 7) is 0. The van der Waals surface area contributed by atoms with Gasteiger partial charge in [0.15, 0.2) is 0 Å². The number of aliphatic carboxylic acids is 1. The number of carboxylic acid groups (broad SMARTS) is 1. The van der Waals surface area contributed by atoms with Crippen molar-refractivity contribution in [3.8, 4) is 0 Å². The van der Waals surface area contributed by atoms with Gasteiger partial charge in [-0.05, 0) is 6.07 Å². The minimum absolute atomic E-state index is 0.258. The summed E-state index contributed by atoms with van der Waals surface area (Å²) in [4.78, 5) is 33.1. The minimum Gasteiger partial charge on any atom is -0.481 e. The van der Waals surface area contributed by atoms with E-state index in [1.54, 1.807) is 24.3 Å². The first-order chi connectivity index (χ1) is 8.58. The molecule has 0 amide bonds. The molecule has 94 valence electrons. The summed E-state index contributed by atoms with van der Waals surface area (Å²) in [5, 5.41) is 8.43. The van der Waals surface area contributed by atoms with Crippen LogP contribution < -0.4 is 0 Å². The first-order valence-electron chi connectivity index (χ1n) is 5.29. The number of hydrogen-bond acceptors (Lipinski definition) is 5. The predicted octanol–water partition coefficient (Wildman–Crippen LogP) is 1.26. The molecule has 2 rings (SSSR count). The van der Waals surface area contributed by atoms with E-state index in [4.69, 9.17) is 14.6 Å². The molecule has 0 aliphatic carbocycles. The quantitative estimate of drug-likeness (QED) is 0.809. The van der Waals surface area contributed by atoms with E-state index in [-0.39, 0.29) is 12.8 Å². The molecule has 0 saturated carbocycles. The van der Waals surface area contributed by atoms with Crippen molar-refractivity contribution in [1.29, 1.82) is 0 Å². The number of esters is 2. The van der Waals surface area contributed by atoms with Crippen molar-refractivity contribution < 1.29 is 29.0 Å². The van der Waals surface area contributed by atoms with Gasteiger partial charge in [0.05, 0.1) is 18.4 Å². The van der Waals surface area contributed by atoms with Crippen LogP contribution >= 0.6 is 0 Å². The Hall–Kier alpha value is -2.37. The molecule has 1 atom stereocenters. The van der Waals surface area contributed by atoms with Gasteiger partial charge in [0.1, 0.15) is 0 Å². The molecule has 0 fully saturated rings. The van der Waals surface area contributed by atoms with E-state index in [1.165, 1.54) is 0 Å². The Labute approximate surface area is 102 Å². The minimum atomic E-state index is -1.09. The van der Waals surface area contributed by atoms with Crippen molar-refractivity contribution in [3.05, 3.63) is 35.4 Å². The van der Waals surface area contributed by atoms with E-state index < -0.39 is 24.2 Å². The summed E-state index contributed by atoms with van der Waals surface area (Å²) in [6.07, 6.45) is -1.65. The topological polar surface area (TPSA) is 89.9 Å². The van der Waals surface area contributed by atoms with Gasteiger partial charge in [0, 0.05) is 5.56 Å². The summed E-state index contributed by atoms with van der Waals surface area (Å²) >= 11 is 0. The molecule has 0 spiro atoms. The molecule has 0 bridgehead atoms. The summed E-state index contributed by atoms with van der Waals surface area (Å²) < 4.78 is 9.79. The molecular weight excluding hydrogens is 240 g/mol. The predicted molar refractivity (Wildman–Crippen MR) is 57.6 cm³/mol. The molecule has 18 heavy (non-hydrogen) atoms. The van der Waals surface area contributed by atoms with Crippen molar-refractivity contribution in [2.45, 2.75) is 19.1 Å². The van der Waals surface area contributed by atoms with Crippen LogP contribution in [0.2, 0.25) is 0 Å². The molecule has 0 radical (unpaired) electrons. The average Bonchev–Trinajstić information content (AvgIpc) is 2.65. The van der Waals surface area contributed by atoms with Crippen LogP contribution in [0, 0.1) is 0 Å². The highest BCUT2D eigenvalue weighted by molar-refractivity contribution is 5.94. The first kappa shape index (κ1) is 12.1. The highest BCUT2D eigenvalue weighted by Gasteiger charge is 2.33. The van der Waals surface area contributed by atoms with Crippen LogP contribution in [0.25, 0.3) is 0 Å². The number of hydrogen-bond donors (Lipinski definition) is 1. The van der Waals surface area contributed by atoms with Crippen LogP contribution in [-0.4, -0.2) is 23.0 Å². The second kappa shape index (κ2) is 4.87. The SMILES string of the molecule is O=C(O)CCC(=O)OC1OC(=O)c2ccccc21. The second-order valence-electron chi connectivity index (χ2n) is 3.71. The molecule has 1 aromatic carbocycles. The van der Waals surface area contributed by atoms with Crippen LogP contribution in [0.15, 0.2) is 24.3 Å². The summed E-state index contributed by atoms with van der Waals surface area (Å²) in [6, 6.07) is 6.56. The number of carbonyl (C=O) groups is 3. The Morgan fingerprint density at radius 1 is 1.28 bits per heavy atom. The Balaban J connectivity index is 2.02. The molecular formula is C12H10O6. The van der Waals surface area contributed by atoms with Crippen LogP contribution in [0.3, 0.4) is 0 Å². The molecule has 1 heterocycles. The summed E-state index contributed by atoms with van der Waals surface area (Å²) in [7, 11) is 0. The fourth-order valence-electron chi connectivity index (χ4n) is 1.59. The fourth-order valence-corrected chi connectivity index (χ4v) is 1.59. The molecule has 1 aliphatic rings. The van der Waals surface area contributed by atoms with E-state index in [2.05, 4.69) is 0 Å². The standard InChI is InChI=1S/C12H10O6/c13-9(14)5-6-10(15)17-12-8-4-2-1-3-7(8)11(16)18-12/h1-4,12H,5-6H2,(H,13,14). The van der Waals surface area contributed by atoms with Crippen LogP contribution in [0.4, 0.5) is 0 Å². The number of carboxylic acids is 1. The normalized spacial score (nSPS) is 16.9. The number of ether oxygens (including phenoxy) is 2. The lowest BCUT2D eigenvalue weighted by Gasteiger charge is -2.11. The van der Waals surface area contributed by atoms with E-state index in [0.717, 1.165) is 0 Å². The van der Waals surface area contributed by atoms with Gasteiger partial charge in [-0.2, -0.15) is 0 Å². The highest BCUT2D eigenvalue weighted by atomic mass is 16.7. The number of rotatable bonds is 4. The van der Waals surface area contributed by atoms with Gasteiger partial charge in [-0.25, -0.2) is 4.79 Å². The zero-order chi connectivity index (χ0) is 13.1. The maximum atomic E-state index is 11.4. The lowest BCUT2D eigenvalue weighted by Crippen LogP contribution is -2.12. The number of cyclic esters (lactones) is 1. The Morgan fingerprint density at radius 2 is 2.00 bits per heavy atom. The average molecular weight is 250 g/mol. The first-order valence-corrected chi connectivity index (χ1v) is 5.29. The van der Waals surface area contributed by atoms with Gasteiger partial charge in [0.25, 0.3) is 6.29 Å². The van der Waals surface area contributed by atoms with Crippen molar-refractivity contribution in [2.75, 3.05) is 0 Å². The third kappa shape index (κ3) is 2.48. The highest BCUT2D eigenvalue weighted by Crippen LogP contribution is 2.31. The van der Waals surface area contributed by atoms with E-state index >= 15 is 0 Å². The maximum absolute atomic E-state index is 11.4. The van der Waals surface area contributed by atoms with Crippen molar-refractivity contribution in [3.63, 3.8) is 0 Å². The van der Waals surface area contributed by atoms with Crippen LogP contribution in [0.5, 0.6) is 0 Å². The van der Waals surface area contributed by atoms with E-state index in [9.17, 15) is 14.4 Å². The van der Waals surface area contributed by atoms with Gasteiger partial charge in [-0.1, -0.05) is 18.2 Å². The molecule has 6 heteroatoms. The zero-order valence-corrected chi connectivity index (χ0v) is 9.29. The van der Waals surface area contributed by atoms with Gasteiger partial charge in [-0.15, -0.1) is 0 Å². The second-order valence-corrected chi connectivity index (χ2v) is 3.71. The van der Waals surface area contributed by atoms with Gasteiger partial charge in [0.2, 0.25) is 0 Å². The monoisotopic (exact) mass is 250 g/mol. The summed E-state index contributed by atoms with van der Waals surface area (Å²) in [5.41, 5.74) is 0.833. The molecule has 1 aromatic rings. The zero-order valence-electron chi connectivity index (χ0n) is 9.29. The lowest BCUT2D eigenvalue weighted by molar-refractivity contribution is -0.169. The molecule has 1 unspecified atom stereocenters. The van der Waals surface area contributed by atoms with Crippen molar-refractivity contribution >= 4 is 17.9 Å². The molecule has 1 aliphatic heterocycles. The summed E-state index contributed by atoms with van der Waals surface area (Å²) in [5.74, 6) is -2.36. The van der Waals surface area contributed by atoms with Gasteiger partial charge >= 0.3 is 17.9 Å². The number of benzene rings is 1. The smallest absolute Gasteiger partial charge is 0.342 e. The van der Waals surface area contributed by atoms with E-state index in [0.29, 0.717) is 11.1 Å². The molecule has 1 N–H and O–H groups in total. The third-order valence-electron chi connectivity index (χ3n) is 2.43. The molecule has 6 nitrogen and oxygen atoms in total.